The van der Waals surface area contributed by atoms with Crippen LogP contribution >= 0.6 is 0 Å². The lowest BCUT2D eigenvalue weighted by atomic mass is 9.98. The normalized spacial score (nSPS) is 28.3. The monoisotopic (exact) mass is 530 g/mol. The molecule has 4 aliphatic rings. The third-order valence-corrected chi connectivity index (χ3v) is 9.21. The van der Waals surface area contributed by atoms with Gasteiger partial charge in [0.25, 0.3) is 0 Å². The van der Waals surface area contributed by atoms with Gasteiger partial charge in [0.2, 0.25) is 17.7 Å². The van der Waals surface area contributed by atoms with E-state index in [0.717, 1.165) is 18.2 Å². The molecular formula is C29H34N6O4. The molecule has 3 amide bonds. The van der Waals surface area contributed by atoms with Crippen molar-refractivity contribution in [1.29, 1.82) is 5.26 Å². The highest BCUT2D eigenvalue weighted by molar-refractivity contribution is 5.94. The quantitative estimate of drug-likeness (QED) is 0.533. The topological polar surface area (TPSA) is 137 Å². The summed E-state index contributed by atoms with van der Waals surface area (Å²) in [6.07, 6.45) is 8.19. The molecule has 6 atom stereocenters. The summed E-state index contributed by atoms with van der Waals surface area (Å²) in [5.41, 5.74) is 1.04. The van der Waals surface area contributed by atoms with E-state index in [1.165, 1.54) is 0 Å². The Bertz CT molecular complexity index is 1340. The first-order valence-electron chi connectivity index (χ1n) is 13.9. The molecule has 2 aromatic heterocycles. The van der Waals surface area contributed by atoms with Crippen LogP contribution < -0.4 is 10.6 Å². The minimum atomic E-state index is -0.967. The molecule has 39 heavy (non-hydrogen) atoms. The minimum Gasteiger partial charge on any atom is -0.381 e. The SMILES string of the molecule is CC1(C)[C@@H]2[C@@H](C(=O)NC(C#N)c3cncc4cccnc34)N(C(=O)C(CC3CC3)NC(=O)[C@@H]3CCOC3)C[C@@H]21. The number of rotatable bonds is 8. The van der Waals surface area contributed by atoms with Gasteiger partial charge in [-0.25, -0.2) is 0 Å². The van der Waals surface area contributed by atoms with Gasteiger partial charge in [-0.15, -0.1) is 0 Å². The molecule has 2 aliphatic heterocycles. The van der Waals surface area contributed by atoms with Crippen molar-refractivity contribution in [2.45, 2.75) is 57.7 Å². The fourth-order valence-corrected chi connectivity index (χ4v) is 6.59. The molecule has 4 heterocycles. The molecule has 4 fully saturated rings. The average Bonchev–Trinajstić information content (AvgIpc) is 3.63. The molecule has 2 saturated carbocycles. The molecule has 0 radical (unpaired) electrons. The Hall–Kier alpha value is -3.58. The van der Waals surface area contributed by atoms with Crippen LogP contribution in [0.15, 0.2) is 30.7 Å². The van der Waals surface area contributed by atoms with Crippen molar-refractivity contribution < 1.29 is 19.1 Å². The van der Waals surface area contributed by atoms with Crippen LogP contribution in [0, 0.1) is 40.4 Å². The smallest absolute Gasteiger partial charge is 0.245 e. The first kappa shape index (κ1) is 25.7. The zero-order valence-corrected chi connectivity index (χ0v) is 22.3. The van der Waals surface area contributed by atoms with Crippen LogP contribution in [0.25, 0.3) is 10.9 Å². The third-order valence-electron chi connectivity index (χ3n) is 9.21. The largest absolute Gasteiger partial charge is 0.381 e. The molecule has 2 aromatic rings. The molecule has 0 aromatic carbocycles. The van der Waals surface area contributed by atoms with Crippen molar-refractivity contribution in [2.75, 3.05) is 19.8 Å². The zero-order valence-electron chi connectivity index (χ0n) is 22.3. The van der Waals surface area contributed by atoms with Crippen LogP contribution in [-0.4, -0.2) is 64.4 Å². The van der Waals surface area contributed by atoms with Crippen molar-refractivity contribution in [1.82, 2.24) is 25.5 Å². The van der Waals surface area contributed by atoms with Gasteiger partial charge in [-0.05, 0) is 48.1 Å². The number of hydrogen-bond donors (Lipinski definition) is 2. The van der Waals surface area contributed by atoms with E-state index in [-0.39, 0.29) is 40.9 Å². The van der Waals surface area contributed by atoms with E-state index in [2.05, 4.69) is 40.5 Å². The molecule has 2 N–H and O–H groups in total. The second kappa shape index (κ2) is 9.87. The number of nitrogens with one attached hydrogen (secondary N) is 2. The lowest BCUT2D eigenvalue weighted by Gasteiger charge is -2.33. The Morgan fingerprint density at radius 1 is 1.21 bits per heavy atom. The van der Waals surface area contributed by atoms with E-state index >= 15 is 0 Å². The van der Waals surface area contributed by atoms with E-state index < -0.39 is 18.1 Å². The highest BCUT2D eigenvalue weighted by Crippen LogP contribution is 2.65. The number of carbonyl (C=O) groups is 3. The summed E-state index contributed by atoms with van der Waals surface area (Å²) in [6, 6.07) is 3.49. The van der Waals surface area contributed by atoms with E-state index in [0.29, 0.717) is 49.6 Å². The highest BCUT2D eigenvalue weighted by atomic mass is 16.5. The molecule has 2 unspecified atom stereocenters. The Morgan fingerprint density at radius 3 is 2.74 bits per heavy atom. The van der Waals surface area contributed by atoms with Gasteiger partial charge < -0.3 is 20.3 Å². The Labute approximate surface area is 227 Å². The van der Waals surface area contributed by atoms with Crippen LogP contribution in [0.5, 0.6) is 0 Å². The molecule has 6 rings (SSSR count). The molecule has 10 heteroatoms. The number of likely N-dealkylation sites (tertiary alicyclic amines) is 1. The van der Waals surface area contributed by atoms with Crippen LogP contribution in [0.2, 0.25) is 0 Å². The maximum absolute atomic E-state index is 14.0. The predicted octanol–water partition coefficient (Wildman–Crippen LogP) is 2.12. The molecule has 204 valence electrons. The summed E-state index contributed by atoms with van der Waals surface area (Å²) in [5.74, 6) is -0.374. The number of amides is 3. The molecule has 0 bridgehead atoms. The second-order valence-electron chi connectivity index (χ2n) is 12.1. The van der Waals surface area contributed by atoms with Gasteiger partial charge in [-0.3, -0.25) is 24.4 Å². The molecular weight excluding hydrogens is 496 g/mol. The predicted molar refractivity (Wildman–Crippen MR) is 140 cm³/mol. The molecule has 0 spiro atoms. The number of nitriles is 1. The number of hydrogen-bond acceptors (Lipinski definition) is 7. The number of piperidine rings is 1. The summed E-state index contributed by atoms with van der Waals surface area (Å²) in [5, 5.41) is 16.7. The zero-order chi connectivity index (χ0) is 27.3. The lowest BCUT2D eigenvalue weighted by molar-refractivity contribution is -0.144. The number of ether oxygens (including phenoxy) is 1. The van der Waals surface area contributed by atoms with Gasteiger partial charge in [-0.1, -0.05) is 26.7 Å². The van der Waals surface area contributed by atoms with Gasteiger partial charge >= 0.3 is 0 Å². The van der Waals surface area contributed by atoms with Crippen molar-refractivity contribution in [3.63, 3.8) is 0 Å². The fourth-order valence-electron chi connectivity index (χ4n) is 6.59. The van der Waals surface area contributed by atoms with Crippen LogP contribution in [0.4, 0.5) is 0 Å². The fraction of sp³-hybridized carbons (Fsp3) is 0.586. The van der Waals surface area contributed by atoms with Gasteiger partial charge in [0.05, 0.1) is 24.1 Å². The molecule has 10 nitrogen and oxygen atoms in total. The summed E-state index contributed by atoms with van der Waals surface area (Å²) in [6.45, 7) is 5.62. The maximum Gasteiger partial charge on any atom is 0.245 e. The molecule has 2 saturated heterocycles. The Balaban J connectivity index is 1.23. The first-order valence-corrected chi connectivity index (χ1v) is 13.9. The van der Waals surface area contributed by atoms with Gasteiger partial charge in [0.1, 0.15) is 18.1 Å². The van der Waals surface area contributed by atoms with Gasteiger partial charge in [0.15, 0.2) is 0 Å². The summed E-state index contributed by atoms with van der Waals surface area (Å²) in [7, 11) is 0. The summed E-state index contributed by atoms with van der Waals surface area (Å²) < 4.78 is 5.37. The van der Waals surface area contributed by atoms with Crippen LogP contribution in [-0.2, 0) is 19.1 Å². The Kier molecular flexibility index (Phi) is 6.50. The van der Waals surface area contributed by atoms with Crippen molar-refractivity contribution in [3.8, 4) is 6.07 Å². The van der Waals surface area contributed by atoms with Crippen molar-refractivity contribution in [2.24, 2.45) is 29.1 Å². The van der Waals surface area contributed by atoms with E-state index in [1.54, 1.807) is 29.6 Å². The van der Waals surface area contributed by atoms with Gasteiger partial charge in [0, 0.05) is 42.7 Å². The number of aromatic nitrogens is 2. The minimum absolute atomic E-state index is 0.00920. The number of fused-ring (bicyclic) bond motifs is 2. The highest BCUT2D eigenvalue weighted by Gasteiger charge is 2.69. The first-order chi connectivity index (χ1) is 18.8. The number of nitrogens with zero attached hydrogens (tertiary/aromatic N) is 4. The van der Waals surface area contributed by atoms with Crippen molar-refractivity contribution in [3.05, 3.63) is 36.3 Å². The third kappa shape index (κ3) is 4.73. The average molecular weight is 531 g/mol. The second-order valence-corrected chi connectivity index (χ2v) is 12.1. The van der Waals surface area contributed by atoms with Crippen LogP contribution in [0.1, 0.15) is 51.1 Å². The number of carbonyl (C=O) groups excluding carboxylic acids is 3. The van der Waals surface area contributed by atoms with E-state index in [1.807, 2.05) is 6.07 Å². The Morgan fingerprint density at radius 2 is 2.03 bits per heavy atom. The number of pyridine rings is 2. The lowest BCUT2D eigenvalue weighted by Crippen LogP contribution is -2.56. The van der Waals surface area contributed by atoms with Crippen molar-refractivity contribution >= 4 is 28.6 Å². The molecule has 2 aliphatic carbocycles. The standard InChI is InChI=1S/C29H34N6O4/c1-29(2)20-14-35(28(38)21(10-16-5-6-16)33-26(36)18-7-9-39-15-18)25(23(20)29)27(37)34-22(11-30)19-13-31-12-17-4-3-8-32-24(17)19/h3-4,8,12-13,16,18,20-23,25H,5-7,9-10,14-15H2,1-2H3,(H,33,36)(H,34,37)/t18-,20+,21?,22?,23+,25+/m1/s1. The van der Waals surface area contributed by atoms with Gasteiger partial charge in [-0.2, -0.15) is 5.26 Å². The summed E-state index contributed by atoms with van der Waals surface area (Å²) >= 11 is 0. The van der Waals surface area contributed by atoms with E-state index in [4.69, 9.17) is 4.74 Å². The summed E-state index contributed by atoms with van der Waals surface area (Å²) in [4.78, 5) is 51.0. The van der Waals surface area contributed by atoms with E-state index in [9.17, 15) is 19.6 Å². The van der Waals surface area contributed by atoms with Crippen LogP contribution in [0.3, 0.4) is 0 Å². The maximum atomic E-state index is 14.0.